The minimum atomic E-state index is -1.31. The van der Waals surface area contributed by atoms with E-state index in [4.69, 9.17) is 4.74 Å². The van der Waals surface area contributed by atoms with Crippen LogP contribution in [-0.4, -0.2) is 65.9 Å². The largest absolute Gasteiger partial charge is 0.465 e. The van der Waals surface area contributed by atoms with Crippen LogP contribution >= 0.6 is 0 Å². The van der Waals surface area contributed by atoms with Crippen LogP contribution in [0.1, 0.15) is 39.5 Å². The highest BCUT2D eigenvalue weighted by atomic mass is 19.1. The molecular weight excluding hydrogens is 605 g/mol. The van der Waals surface area contributed by atoms with E-state index in [1.807, 2.05) is 72.8 Å². The predicted octanol–water partition coefficient (Wildman–Crippen LogP) is 3.64. The third kappa shape index (κ3) is 8.90. The molecular formula is C35H36FN5O6. The molecule has 0 aliphatic carbocycles. The highest BCUT2D eigenvalue weighted by Gasteiger charge is 2.33. The van der Waals surface area contributed by atoms with Gasteiger partial charge in [-0.2, -0.15) is 0 Å². The van der Waals surface area contributed by atoms with Crippen molar-refractivity contribution in [2.75, 3.05) is 25.0 Å². The van der Waals surface area contributed by atoms with Crippen molar-refractivity contribution in [3.63, 3.8) is 0 Å². The van der Waals surface area contributed by atoms with Crippen molar-refractivity contribution < 1.29 is 28.6 Å². The van der Waals surface area contributed by atoms with E-state index in [1.54, 1.807) is 12.1 Å². The highest BCUT2D eigenvalue weighted by molar-refractivity contribution is 5.98. The van der Waals surface area contributed by atoms with E-state index in [-0.39, 0.29) is 18.7 Å². The molecule has 0 radical (unpaired) electrons. The highest BCUT2D eigenvalue weighted by Crippen LogP contribution is 2.30. The smallest absolute Gasteiger partial charge is 0.405 e. The van der Waals surface area contributed by atoms with Crippen LogP contribution in [0.2, 0.25) is 0 Å². The number of aryl methyl sites for hydroxylation is 1. The molecule has 0 spiro atoms. The number of rotatable bonds is 12. The molecule has 47 heavy (non-hydrogen) atoms. The average Bonchev–Trinajstić information content (AvgIpc) is 3.09. The van der Waals surface area contributed by atoms with Crippen molar-refractivity contribution in [2.45, 2.75) is 36.9 Å². The number of hydrogen-bond acceptors (Lipinski definition) is 6. The van der Waals surface area contributed by atoms with Crippen LogP contribution in [0.15, 0.2) is 102 Å². The average molecular weight is 642 g/mol. The first-order valence-electron chi connectivity index (χ1n) is 15.3. The van der Waals surface area contributed by atoms with Crippen LogP contribution in [0.3, 0.4) is 0 Å². The number of morpholine rings is 1. The number of para-hydroxylation sites is 1. The van der Waals surface area contributed by atoms with Gasteiger partial charge in [0.2, 0.25) is 11.5 Å². The summed E-state index contributed by atoms with van der Waals surface area (Å²) in [6, 6.07) is 26.6. The molecule has 6 N–H and O–H groups in total. The summed E-state index contributed by atoms with van der Waals surface area (Å²) in [6.45, 7) is 0.987. The number of carboxylic acid groups (broad SMARTS) is 1. The van der Waals surface area contributed by atoms with Gasteiger partial charge in [-0.3, -0.25) is 14.4 Å². The fourth-order valence-electron chi connectivity index (χ4n) is 5.63. The number of carbonyl (C=O) groups excluding carboxylic acids is 2. The normalized spacial score (nSPS) is 16.6. The third-order valence-electron chi connectivity index (χ3n) is 7.99. The van der Waals surface area contributed by atoms with Crippen molar-refractivity contribution in [3.8, 4) is 0 Å². The number of amides is 3. The molecule has 3 aromatic carbocycles. The van der Waals surface area contributed by atoms with Gasteiger partial charge in [-0.15, -0.1) is 0 Å². The van der Waals surface area contributed by atoms with Gasteiger partial charge < -0.3 is 36.1 Å². The van der Waals surface area contributed by atoms with Crippen LogP contribution in [0.4, 0.5) is 14.9 Å². The van der Waals surface area contributed by atoms with Crippen LogP contribution < -0.4 is 26.8 Å². The first-order valence-corrected chi connectivity index (χ1v) is 15.3. The number of carbonyl (C=O) groups is 3. The number of aromatic nitrogens is 1. The molecule has 0 saturated carbocycles. The second-order valence-electron chi connectivity index (χ2n) is 11.2. The maximum Gasteiger partial charge on any atom is 0.405 e. The minimum Gasteiger partial charge on any atom is -0.465 e. The van der Waals surface area contributed by atoms with Crippen LogP contribution in [0.5, 0.6) is 0 Å². The Morgan fingerprint density at radius 2 is 1.57 bits per heavy atom. The van der Waals surface area contributed by atoms with Crippen molar-refractivity contribution in [3.05, 3.63) is 136 Å². The summed E-state index contributed by atoms with van der Waals surface area (Å²) in [5.74, 6) is -2.60. The van der Waals surface area contributed by atoms with Gasteiger partial charge in [0.25, 0.3) is 5.91 Å². The van der Waals surface area contributed by atoms with E-state index in [2.05, 4.69) is 26.3 Å². The molecule has 1 aromatic heterocycles. The number of halogens is 1. The van der Waals surface area contributed by atoms with E-state index in [0.717, 1.165) is 28.8 Å². The lowest BCUT2D eigenvalue weighted by atomic mass is 9.84. The number of benzene rings is 3. The number of ether oxygens (including phenoxy) is 1. The number of anilines is 1. The summed E-state index contributed by atoms with van der Waals surface area (Å²) >= 11 is 0. The zero-order valence-corrected chi connectivity index (χ0v) is 25.4. The van der Waals surface area contributed by atoms with Crippen molar-refractivity contribution in [2.24, 2.45) is 0 Å². The van der Waals surface area contributed by atoms with E-state index >= 15 is 0 Å². The SMILES string of the molecule is O=C(O)N[C@H](C(=O)Nc1ccccc1CC[C@@H]1CN[C@H](CNC(=O)c2[nH]c(=O)ccc2F)CO1)C(c1ccccc1)c1ccccc1. The van der Waals surface area contributed by atoms with E-state index in [1.165, 1.54) is 0 Å². The Kier molecular flexibility index (Phi) is 11.1. The summed E-state index contributed by atoms with van der Waals surface area (Å²) in [6.07, 6.45) is -0.251. The molecule has 11 nitrogen and oxygen atoms in total. The van der Waals surface area contributed by atoms with Gasteiger partial charge in [-0.1, -0.05) is 78.9 Å². The quantitative estimate of drug-likeness (QED) is 0.138. The van der Waals surface area contributed by atoms with Gasteiger partial charge in [0.15, 0.2) is 5.82 Å². The third-order valence-corrected chi connectivity index (χ3v) is 7.99. The van der Waals surface area contributed by atoms with Crippen molar-refractivity contribution in [1.29, 1.82) is 0 Å². The monoisotopic (exact) mass is 641 g/mol. The van der Waals surface area contributed by atoms with Crippen LogP contribution in [-0.2, 0) is 16.0 Å². The summed E-state index contributed by atoms with van der Waals surface area (Å²) in [5, 5.41) is 21.1. The second kappa shape index (κ2) is 15.8. The first kappa shape index (κ1) is 33.0. The fourth-order valence-corrected chi connectivity index (χ4v) is 5.63. The molecule has 3 atom stereocenters. The Morgan fingerprint density at radius 1 is 0.915 bits per heavy atom. The fraction of sp³-hybridized carbons (Fsp3) is 0.257. The maximum absolute atomic E-state index is 13.9. The number of H-pyrrole nitrogens is 1. The molecule has 1 fully saturated rings. The molecule has 1 saturated heterocycles. The number of nitrogens with one attached hydrogen (secondary N) is 5. The molecule has 1 aliphatic heterocycles. The summed E-state index contributed by atoms with van der Waals surface area (Å²) in [7, 11) is 0. The summed E-state index contributed by atoms with van der Waals surface area (Å²) < 4.78 is 19.9. The standard InChI is InChI=1S/C35H36FN5O6/c36-27-17-18-29(42)40-31(27)33(43)38-19-25-21-47-26(20-37-25)16-15-22-9-7-8-14-28(22)39-34(44)32(41-35(45)46)30(23-10-3-1-4-11-23)24-12-5-2-6-13-24/h1-14,17-18,25-26,30,32,37,41H,15-16,19-21H2,(H,38,43)(H,39,44)(H,40,42)(H,45,46)/t25-,26-,32+/m1/s1. The molecule has 0 bridgehead atoms. The van der Waals surface area contributed by atoms with Crippen molar-refractivity contribution in [1.82, 2.24) is 20.9 Å². The molecule has 0 unspecified atom stereocenters. The van der Waals surface area contributed by atoms with E-state index < -0.39 is 46.9 Å². The Labute approximate surface area is 270 Å². The number of aromatic amines is 1. The molecule has 1 aliphatic rings. The number of hydrogen-bond donors (Lipinski definition) is 6. The molecule has 5 rings (SSSR count). The molecule has 4 aromatic rings. The maximum atomic E-state index is 13.9. The summed E-state index contributed by atoms with van der Waals surface area (Å²) in [5.41, 5.74) is 2.04. The van der Waals surface area contributed by atoms with Crippen LogP contribution in [0, 0.1) is 5.82 Å². The lowest BCUT2D eigenvalue weighted by molar-refractivity contribution is -0.118. The topological polar surface area (TPSA) is 162 Å². The zero-order valence-electron chi connectivity index (χ0n) is 25.4. The van der Waals surface area contributed by atoms with Crippen LogP contribution in [0.25, 0.3) is 0 Å². The van der Waals surface area contributed by atoms with Crippen molar-refractivity contribution >= 4 is 23.6 Å². The second-order valence-corrected chi connectivity index (χ2v) is 11.2. The molecule has 3 amide bonds. The molecule has 12 heteroatoms. The first-order chi connectivity index (χ1) is 22.8. The lowest BCUT2D eigenvalue weighted by Crippen LogP contribution is -2.51. The Bertz CT molecular complexity index is 1690. The predicted molar refractivity (Wildman–Crippen MR) is 174 cm³/mol. The lowest BCUT2D eigenvalue weighted by Gasteiger charge is -2.31. The van der Waals surface area contributed by atoms with Gasteiger partial charge in [0.05, 0.1) is 12.7 Å². The Morgan fingerprint density at radius 3 is 2.21 bits per heavy atom. The Hall–Kier alpha value is -5.33. The minimum absolute atomic E-state index is 0.143. The van der Waals surface area contributed by atoms with E-state index in [0.29, 0.717) is 31.7 Å². The zero-order chi connectivity index (χ0) is 33.2. The van der Waals surface area contributed by atoms with Gasteiger partial charge in [0, 0.05) is 36.8 Å². The van der Waals surface area contributed by atoms with E-state index in [9.17, 15) is 28.7 Å². The van der Waals surface area contributed by atoms with Gasteiger partial charge in [0.1, 0.15) is 11.7 Å². The van der Waals surface area contributed by atoms with Gasteiger partial charge in [-0.25, -0.2) is 9.18 Å². The van der Waals surface area contributed by atoms with Gasteiger partial charge >= 0.3 is 6.09 Å². The summed E-state index contributed by atoms with van der Waals surface area (Å²) in [4.78, 5) is 51.7. The Balaban J connectivity index is 1.19. The molecule has 244 valence electrons. The van der Waals surface area contributed by atoms with Gasteiger partial charge in [-0.05, 0) is 41.7 Å². The molecule has 2 heterocycles. The number of pyridine rings is 1.